The monoisotopic (exact) mass is 632 g/mol. The maximum absolute atomic E-state index is 12.9. The van der Waals surface area contributed by atoms with E-state index >= 15 is 0 Å². The van der Waals surface area contributed by atoms with E-state index in [1.54, 1.807) is 39.8 Å². The predicted octanol–water partition coefficient (Wildman–Crippen LogP) is 9.51. The molecule has 0 spiro atoms. The van der Waals surface area contributed by atoms with Crippen molar-refractivity contribution in [3.05, 3.63) is 94.3 Å². The minimum atomic E-state index is -0.820. The van der Waals surface area contributed by atoms with E-state index in [-0.39, 0.29) is 0 Å². The molecule has 1 saturated carbocycles. The zero-order valence-electron chi connectivity index (χ0n) is 24.8. The molecule has 1 aromatic heterocycles. The molecule has 8 nitrogen and oxygen atoms in total. The number of ether oxygens (including phenoxy) is 2. The third kappa shape index (κ3) is 7.06. The predicted molar refractivity (Wildman–Crippen MR) is 174 cm³/mol. The van der Waals surface area contributed by atoms with Gasteiger partial charge in [0.1, 0.15) is 11.7 Å². The molecule has 0 unspecified atom stereocenters. The van der Waals surface area contributed by atoms with Crippen LogP contribution < -0.4 is 10.6 Å². The Balaban J connectivity index is 1.45. The summed E-state index contributed by atoms with van der Waals surface area (Å²) in [7, 11) is 0. The van der Waals surface area contributed by atoms with Crippen molar-refractivity contribution in [1.82, 2.24) is 0 Å². The summed E-state index contributed by atoms with van der Waals surface area (Å²) in [5.74, 6) is -0.820. The molecule has 5 rings (SSSR count). The summed E-state index contributed by atoms with van der Waals surface area (Å²) >= 11 is 7.67. The number of carbonyl (C=O) groups is 3. The van der Waals surface area contributed by atoms with Crippen LogP contribution in [-0.2, 0) is 19.7 Å². The van der Waals surface area contributed by atoms with Gasteiger partial charge in [0.15, 0.2) is 0 Å². The third-order valence-electron chi connectivity index (χ3n) is 7.32. The van der Waals surface area contributed by atoms with Crippen LogP contribution in [0.2, 0.25) is 4.34 Å². The summed E-state index contributed by atoms with van der Waals surface area (Å²) in [5.41, 5.74) is 3.22. The van der Waals surface area contributed by atoms with Crippen LogP contribution in [0.25, 0.3) is 21.6 Å². The number of anilines is 2. The smallest absolute Gasteiger partial charge is 0.412 e. The Kier molecular flexibility index (Phi) is 8.72. The Hall–Kier alpha value is -4.34. The lowest BCUT2D eigenvalue weighted by Crippen LogP contribution is -2.27. The van der Waals surface area contributed by atoms with Crippen LogP contribution in [0.4, 0.5) is 21.0 Å². The molecule has 1 heterocycles. The number of hydrogen-bond acceptors (Lipinski definition) is 6. The van der Waals surface area contributed by atoms with E-state index in [4.69, 9.17) is 21.1 Å². The average Bonchev–Trinajstić information content (AvgIpc) is 3.70. The summed E-state index contributed by atoms with van der Waals surface area (Å²) in [6.07, 6.45) is -0.498. The van der Waals surface area contributed by atoms with Gasteiger partial charge >= 0.3 is 18.2 Å². The second-order valence-corrected chi connectivity index (χ2v) is 13.4. The van der Waals surface area contributed by atoms with E-state index < -0.39 is 35.3 Å². The lowest BCUT2D eigenvalue weighted by atomic mass is 9.93. The fourth-order valence-electron chi connectivity index (χ4n) is 4.93. The molecular formula is C34H33ClN2O6S. The first-order valence-electron chi connectivity index (χ1n) is 14.2. The molecule has 3 N–H and O–H groups in total. The topological polar surface area (TPSA) is 114 Å². The highest BCUT2D eigenvalue weighted by Gasteiger charge is 2.51. The van der Waals surface area contributed by atoms with Crippen LogP contribution in [-0.4, -0.2) is 28.9 Å². The van der Waals surface area contributed by atoms with Crippen LogP contribution in [0, 0.1) is 0 Å². The number of hydrogen-bond donors (Lipinski definition) is 3. The lowest BCUT2D eigenvalue weighted by Gasteiger charge is -2.21. The number of carbonyl (C=O) groups excluding carboxylic acids is 2. The molecule has 3 aromatic carbocycles. The quantitative estimate of drug-likeness (QED) is 0.178. The molecule has 1 aliphatic rings. The number of nitrogens with one attached hydrogen (secondary N) is 2. The number of thiophene rings is 1. The minimum Gasteiger partial charge on any atom is -0.481 e. The Bertz CT molecular complexity index is 1690. The molecule has 10 heteroatoms. The van der Waals surface area contributed by atoms with Crippen LogP contribution in [0.1, 0.15) is 57.8 Å². The summed E-state index contributed by atoms with van der Waals surface area (Å²) < 4.78 is 11.6. The molecule has 1 atom stereocenters. The van der Waals surface area contributed by atoms with Gasteiger partial charge in [-0.25, -0.2) is 9.59 Å². The number of amides is 2. The minimum absolute atomic E-state index is 0.458. The van der Waals surface area contributed by atoms with Gasteiger partial charge in [0, 0.05) is 5.56 Å². The normalized spacial score (nSPS) is 14.3. The summed E-state index contributed by atoms with van der Waals surface area (Å²) in [4.78, 5) is 38.2. The number of carboxylic acids is 1. The highest BCUT2D eigenvalue weighted by molar-refractivity contribution is 7.20. The van der Waals surface area contributed by atoms with E-state index in [1.807, 2.05) is 66.7 Å². The molecule has 1 fully saturated rings. The van der Waals surface area contributed by atoms with E-state index in [0.717, 1.165) is 16.7 Å². The molecule has 44 heavy (non-hydrogen) atoms. The van der Waals surface area contributed by atoms with Crippen LogP contribution >= 0.6 is 22.9 Å². The number of carboxylic acid groups (broad SMARTS) is 1. The number of benzene rings is 3. The maximum atomic E-state index is 12.9. The summed E-state index contributed by atoms with van der Waals surface area (Å²) in [5, 5.41) is 15.4. The van der Waals surface area contributed by atoms with Crippen molar-refractivity contribution in [3.8, 4) is 21.6 Å². The highest BCUT2D eigenvalue weighted by atomic mass is 35.5. The standard InChI is InChI=1S/C34H33ClN2O6S/c1-20(21-8-6-5-7-9-21)42-31(40)37-27-19-28(35)44-29(27)23-12-15-25(26(18-23)36-32(41)43-33(2,3)4)22-10-13-24(14-11-22)34(16-17-34)30(38)39/h5-15,18-20H,16-17H2,1-4H3,(H,36,41)(H,37,40)(H,38,39)/t20-/m1/s1. The molecule has 1 aliphatic carbocycles. The first-order chi connectivity index (χ1) is 20.8. The largest absolute Gasteiger partial charge is 0.481 e. The van der Waals surface area contributed by atoms with Gasteiger partial charge in [0.05, 0.1) is 26.0 Å². The van der Waals surface area contributed by atoms with E-state index in [0.29, 0.717) is 44.6 Å². The highest BCUT2D eigenvalue weighted by Crippen LogP contribution is 2.49. The Morgan fingerprint density at radius 1 is 0.886 bits per heavy atom. The first-order valence-corrected chi connectivity index (χ1v) is 15.3. The molecule has 0 bridgehead atoms. The van der Waals surface area contributed by atoms with Gasteiger partial charge in [-0.2, -0.15) is 0 Å². The number of rotatable bonds is 8. The summed E-state index contributed by atoms with van der Waals surface area (Å²) in [6.45, 7) is 7.13. The third-order valence-corrected chi connectivity index (χ3v) is 8.63. The molecule has 0 radical (unpaired) electrons. The Labute approximate surface area is 265 Å². The molecule has 0 saturated heterocycles. The Morgan fingerprint density at radius 2 is 1.52 bits per heavy atom. The van der Waals surface area contributed by atoms with Gasteiger partial charge in [0.25, 0.3) is 0 Å². The van der Waals surface area contributed by atoms with Crippen molar-refractivity contribution in [2.45, 2.75) is 57.7 Å². The fourth-order valence-corrected chi connectivity index (χ4v) is 6.11. The second-order valence-electron chi connectivity index (χ2n) is 11.7. The first kappa shape index (κ1) is 31.1. The molecule has 0 aliphatic heterocycles. The van der Waals surface area contributed by atoms with E-state index in [1.165, 1.54) is 11.3 Å². The molecule has 2 amide bonds. The number of halogens is 1. The van der Waals surface area contributed by atoms with Crippen molar-refractivity contribution in [2.75, 3.05) is 10.6 Å². The summed E-state index contributed by atoms with van der Waals surface area (Å²) in [6, 6.07) is 23.9. The van der Waals surface area contributed by atoms with Crippen molar-refractivity contribution in [1.29, 1.82) is 0 Å². The maximum Gasteiger partial charge on any atom is 0.412 e. The van der Waals surface area contributed by atoms with Crippen molar-refractivity contribution >= 4 is 52.5 Å². The van der Waals surface area contributed by atoms with Gasteiger partial charge in [0.2, 0.25) is 0 Å². The second kappa shape index (κ2) is 12.3. The van der Waals surface area contributed by atoms with Gasteiger partial charge < -0.3 is 14.6 Å². The van der Waals surface area contributed by atoms with Crippen molar-refractivity contribution < 1.29 is 29.0 Å². The number of aliphatic carboxylic acids is 1. The fraction of sp³-hybridized carbons (Fsp3) is 0.265. The van der Waals surface area contributed by atoms with Crippen molar-refractivity contribution in [3.63, 3.8) is 0 Å². The SMILES string of the molecule is C[C@@H](OC(=O)Nc1cc(Cl)sc1-c1ccc(-c2ccc(C3(C(=O)O)CC3)cc2)c(NC(=O)OC(C)(C)C)c1)c1ccccc1. The van der Waals surface area contributed by atoms with Gasteiger partial charge in [-0.3, -0.25) is 15.4 Å². The zero-order chi connectivity index (χ0) is 31.6. The van der Waals surface area contributed by atoms with Gasteiger partial charge in [-0.15, -0.1) is 11.3 Å². The average molecular weight is 633 g/mol. The Morgan fingerprint density at radius 3 is 2.14 bits per heavy atom. The van der Waals surface area contributed by atoms with Crippen LogP contribution in [0.3, 0.4) is 0 Å². The van der Waals surface area contributed by atoms with E-state index in [2.05, 4.69) is 10.6 Å². The van der Waals surface area contributed by atoms with Crippen LogP contribution in [0.15, 0.2) is 78.9 Å². The zero-order valence-corrected chi connectivity index (χ0v) is 26.3. The van der Waals surface area contributed by atoms with Crippen molar-refractivity contribution in [2.24, 2.45) is 0 Å². The molecule has 228 valence electrons. The lowest BCUT2D eigenvalue weighted by molar-refractivity contribution is -0.140. The molecular weight excluding hydrogens is 600 g/mol. The van der Waals surface area contributed by atoms with Gasteiger partial charge in [-0.05, 0) is 74.9 Å². The molecule has 4 aromatic rings. The van der Waals surface area contributed by atoms with Gasteiger partial charge in [-0.1, -0.05) is 78.3 Å². The van der Waals surface area contributed by atoms with Crippen LogP contribution in [0.5, 0.6) is 0 Å². The van der Waals surface area contributed by atoms with E-state index in [9.17, 15) is 19.5 Å².